The molecule has 3 N–H and O–H groups in total. The van der Waals surface area contributed by atoms with E-state index in [0.717, 1.165) is 15.4 Å². The second kappa shape index (κ2) is 22.8. The fraction of sp³-hybridized carbons (Fsp3) is 0.455. The van der Waals surface area contributed by atoms with E-state index in [2.05, 4.69) is 58.6 Å². The molecule has 0 aliphatic carbocycles. The number of benzene rings is 2. The summed E-state index contributed by atoms with van der Waals surface area (Å²) in [5, 5.41) is 25.5. The van der Waals surface area contributed by atoms with E-state index in [1.165, 1.54) is 10.0 Å². The van der Waals surface area contributed by atoms with Crippen LogP contribution in [0.15, 0.2) is 57.5 Å². The van der Waals surface area contributed by atoms with Crippen molar-refractivity contribution in [2.45, 2.75) is 11.9 Å². The van der Waals surface area contributed by atoms with E-state index < -0.39 is 0 Å². The van der Waals surface area contributed by atoms with E-state index in [-0.39, 0.29) is 19.8 Å². The molecule has 0 aliphatic heterocycles. The summed E-state index contributed by atoms with van der Waals surface area (Å²) in [4.78, 5) is 0. The van der Waals surface area contributed by atoms with Crippen LogP contribution >= 0.6 is 47.8 Å². The minimum atomic E-state index is 0.0278. The quantitative estimate of drug-likeness (QED) is 0.239. The molecule has 0 aromatic heterocycles. The van der Waals surface area contributed by atoms with E-state index in [4.69, 9.17) is 24.8 Å². The second-order valence-electron chi connectivity index (χ2n) is 5.76. The van der Waals surface area contributed by atoms with Gasteiger partial charge in [-0.3, -0.25) is 0 Å². The van der Waals surface area contributed by atoms with E-state index in [1.54, 1.807) is 0 Å². The Balaban J connectivity index is 0.000000479. The van der Waals surface area contributed by atoms with Crippen molar-refractivity contribution in [3.05, 3.63) is 68.6 Å². The highest BCUT2D eigenvalue weighted by Gasteiger charge is 1.97. The second-order valence-corrected chi connectivity index (χ2v) is 8.03. The number of ether oxygens (including phenoxy) is 3. The maximum absolute atomic E-state index is 8.47. The molecular formula is C22H31Br3O6. The van der Waals surface area contributed by atoms with Gasteiger partial charge in [0.25, 0.3) is 0 Å². The minimum Gasteiger partial charge on any atom is -0.394 e. The molecule has 0 atom stereocenters. The van der Waals surface area contributed by atoms with Gasteiger partial charge < -0.3 is 29.5 Å². The molecule has 0 aliphatic rings. The average molecular weight is 631 g/mol. The lowest BCUT2D eigenvalue weighted by atomic mass is 10.2. The highest BCUT2D eigenvalue weighted by atomic mass is 79.9. The van der Waals surface area contributed by atoms with Gasteiger partial charge in [-0.15, -0.1) is 0 Å². The summed E-state index contributed by atoms with van der Waals surface area (Å²) in [6.07, 6.45) is 0. The van der Waals surface area contributed by atoms with Gasteiger partial charge in [0.05, 0.1) is 59.5 Å². The first-order chi connectivity index (χ1) is 15.1. The Morgan fingerprint density at radius 2 is 1.00 bits per heavy atom. The third kappa shape index (κ3) is 17.8. The molecule has 6 nitrogen and oxygen atoms in total. The SMILES string of the molecule is BrCc1ccccc1Br.OCCOCCO.OCCOCCOCc1ccccc1Br. The molecule has 31 heavy (non-hydrogen) atoms. The van der Waals surface area contributed by atoms with Crippen LogP contribution in [0.25, 0.3) is 0 Å². The molecule has 0 saturated heterocycles. The topological polar surface area (TPSA) is 88.4 Å². The number of rotatable bonds is 12. The molecule has 0 fully saturated rings. The van der Waals surface area contributed by atoms with Gasteiger partial charge in [0, 0.05) is 14.3 Å². The Morgan fingerprint density at radius 1 is 0.581 bits per heavy atom. The number of halogens is 3. The van der Waals surface area contributed by atoms with Crippen molar-refractivity contribution in [1.82, 2.24) is 0 Å². The zero-order chi connectivity index (χ0) is 23.2. The van der Waals surface area contributed by atoms with Crippen LogP contribution in [0.2, 0.25) is 0 Å². The van der Waals surface area contributed by atoms with Gasteiger partial charge >= 0.3 is 0 Å². The minimum absolute atomic E-state index is 0.0278. The highest BCUT2D eigenvalue weighted by Crippen LogP contribution is 2.18. The predicted octanol–water partition coefficient (Wildman–Crippen LogP) is 4.31. The van der Waals surface area contributed by atoms with Crippen molar-refractivity contribution in [2.24, 2.45) is 0 Å². The normalized spacial score (nSPS) is 10.0. The van der Waals surface area contributed by atoms with Gasteiger partial charge in [-0.05, 0) is 23.3 Å². The molecule has 0 bridgehead atoms. The smallest absolute Gasteiger partial charge is 0.0728 e. The molecule has 2 rings (SSSR count). The van der Waals surface area contributed by atoms with E-state index in [9.17, 15) is 0 Å². The van der Waals surface area contributed by atoms with Crippen molar-refractivity contribution in [1.29, 1.82) is 0 Å². The number of aliphatic hydroxyl groups is 3. The fourth-order valence-electron chi connectivity index (χ4n) is 1.92. The van der Waals surface area contributed by atoms with Gasteiger partial charge in [-0.25, -0.2) is 0 Å². The Hall–Kier alpha value is -0.360. The maximum atomic E-state index is 8.47. The van der Waals surface area contributed by atoms with Crippen LogP contribution in [0.3, 0.4) is 0 Å². The number of aliphatic hydroxyl groups excluding tert-OH is 3. The molecule has 176 valence electrons. The fourth-order valence-corrected chi connectivity index (χ4v) is 3.61. The summed E-state index contributed by atoms with van der Waals surface area (Å²) in [6.45, 7) is 2.76. The number of hydrogen-bond donors (Lipinski definition) is 3. The van der Waals surface area contributed by atoms with Crippen LogP contribution < -0.4 is 0 Å². The summed E-state index contributed by atoms with van der Waals surface area (Å²) in [6, 6.07) is 16.1. The lowest BCUT2D eigenvalue weighted by molar-refractivity contribution is 0.0273. The molecule has 0 radical (unpaired) electrons. The van der Waals surface area contributed by atoms with E-state index >= 15 is 0 Å². The van der Waals surface area contributed by atoms with Crippen LogP contribution in [0.5, 0.6) is 0 Å². The summed E-state index contributed by atoms with van der Waals surface area (Å²) >= 11 is 10.3. The molecule has 0 amide bonds. The Labute approximate surface area is 209 Å². The predicted molar refractivity (Wildman–Crippen MR) is 133 cm³/mol. The third-order valence-electron chi connectivity index (χ3n) is 3.40. The van der Waals surface area contributed by atoms with Gasteiger partial charge in [0.15, 0.2) is 0 Å². The largest absolute Gasteiger partial charge is 0.394 e. The molecule has 0 unspecified atom stereocenters. The average Bonchev–Trinajstić information content (AvgIpc) is 2.79. The van der Waals surface area contributed by atoms with Crippen LogP contribution in [0.1, 0.15) is 11.1 Å². The highest BCUT2D eigenvalue weighted by molar-refractivity contribution is 9.11. The lowest BCUT2D eigenvalue weighted by Crippen LogP contribution is -2.07. The monoisotopic (exact) mass is 628 g/mol. The first-order valence-corrected chi connectivity index (χ1v) is 12.4. The summed E-state index contributed by atoms with van der Waals surface area (Å²) in [5.41, 5.74) is 2.41. The van der Waals surface area contributed by atoms with Crippen LogP contribution in [0, 0.1) is 0 Å². The molecule has 0 saturated carbocycles. The number of alkyl halides is 1. The van der Waals surface area contributed by atoms with Crippen LogP contribution in [-0.2, 0) is 26.1 Å². The first-order valence-electron chi connectivity index (χ1n) is 9.69. The van der Waals surface area contributed by atoms with Crippen molar-refractivity contribution < 1.29 is 29.5 Å². The van der Waals surface area contributed by atoms with Gasteiger partial charge in [-0.1, -0.05) is 84.2 Å². The number of hydrogen-bond acceptors (Lipinski definition) is 6. The molecular weight excluding hydrogens is 600 g/mol. The van der Waals surface area contributed by atoms with Crippen molar-refractivity contribution in [3.8, 4) is 0 Å². The van der Waals surface area contributed by atoms with Gasteiger partial charge in [-0.2, -0.15) is 0 Å². The Morgan fingerprint density at radius 3 is 1.42 bits per heavy atom. The molecule has 0 spiro atoms. The zero-order valence-corrected chi connectivity index (χ0v) is 22.1. The van der Waals surface area contributed by atoms with Crippen molar-refractivity contribution in [2.75, 3.05) is 52.9 Å². The molecule has 0 heterocycles. The van der Waals surface area contributed by atoms with Crippen molar-refractivity contribution >= 4 is 47.8 Å². The van der Waals surface area contributed by atoms with Crippen molar-refractivity contribution in [3.63, 3.8) is 0 Å². The summed E-state index contributed by atoms with van der Waals surface area (Å²) in [7, 11) is 0. The Bertz CT molecular complexity index is 657. The summed E-state index contributed by atoms with van der Waals surface area (Å²) in [5.74, 6) is 0. The standard InChI is InChI=1S/C11H15BrO3.C7H6Br2.C4H10O3/c12-11-4-2-1-3-10(11)9-15-8-7-14-6-5-13;8-5-6-3-1-2-4-7(6)9;5-1-3-7-4-2-6/h1-4,13H,5-9H2;1-4H,5H2;5-6H,1-4H2. The third-order valence-corrected chi connectivity index (χ3v) is 5.55. The summed E-state index contributed by atoms with van der Waals surface area (Å²) < 4.78 is 17.3. The van der Waals surface area contributed by atoms with Crippen LogP contribution in [0.4, 0.5) is 0 Å². The van der Waals surface area contributed by atoms with E-state index in [1.807, 2.05) is 42.5 Å². The van der Waals surface area contributed by atoms with Gasteiger partial charge in [0.2, 0.25) is 0 Å². The molecule has 2 aromatic rings. The van der Waals surface area contributed by atoms with Crippen LogP contribution in [-0.4, -0.2) is 68.2 Å². The first kappa shape index (κ1) is 30.6. The zero-order valence-electron chi connectivity index (χ0n) is 17.4. The molecule has 9 heteroatoms. The lowest BCUT2D eigenvalue weighted by Gasteiger charge is -2.06. The Kier molecular flexibility index (Phi) is 22.6. The molecule has 2 aromatic carbocycles. The maximum Gasteiger partial charge on any atom is 0.0728 e. The van der Waals surface area contributed by atoms with Gasteiger partial charge in [0.1, 0.15) is 0 Å². The van der Waals surface area contributed by atoms with E-state index in [0.29, 0.717) is 39.6 Å².